The lowest BCUT2D eigenvalue weighted by atomic mass is 10.0. The molecule has 0 fully saturated rings. The normalized spacial score (nSPS) is 10.6. The average molecular weight is 488 g/mol. The molecule has 1 aromatic heterocycles. The number of benzene rings is 3. The fraction of sp³-hybridized carbons (Fsp3) is 0.143. The van der Waals surface area contributed by atoms with Crippen LogP contribution in [0.3, 0.4) is 0 Å². The molecule has 0 saturated carbocycles. The van der Waals surface area contributed by atoms with E-state index in [2.05, 4.69) is 5.32 Å². The molecule has 0 unspecified atom stereocenters. The van der Waals surface area contributed by atoms with E-state index in [1.54, 1.807) is 14.2 Å². The zero-order valence-electron chi connectivity index (χ0n) is 19.4. The second-order valence-electron chi connectivity index (χ2n) is 7.87. The zero-order valence-corrected chi connectivity index (χ0v) is 20.2. The number of rotatable bonds is 9. The molecular formula is C28H25NO5S. The molecule has 7 heteroatoms. The topological polar surface area (TPSA) is 84.9 Å². The quantitative estimate of drug-likeness (QED) is 0.307. The van der Waals surface area contributed by atoms with Gasteiger partial charge in [-0.1, -0.05) is 42.5 Å². The Kier molecular flexibility index (Phi) is 7.48. The van der Waals surface area contributed by atoms with E-state index < -0.39 is 5.97 Å². The van der Waals surface area contributed by atoms with Crippen molar-refractivity contribution >= 4 is 28.9 Å². The van der Waals surface area contributed by atoms with E-state index in [0.717, 1.165) is 32.0 Å². The first kappa shape index (κ1) is 24.0. The third-order valence-corrected chi connectivity index (χ3v) is 6.58. The zero-order chi connectivity index (χ0) is 24.8. The van der Waals surface area contributed by atoms with Crippen LogP contribution in [-0.2, 0) is 22.4 Å². The Labute approximate surface area is 207 Å². The van der Waals surface area contributed by atoms with Crippen LogP contribution in [0, 0.1) is 0 Å². The number of carboxylic acid groups (broad SMARTS) is 1. The molecule has 0 radical (unpaired) electrons. The lowest BCUT2D eigenvalue weighted by molar-refractivity contribution is -0.136. The molecule has 0 atom stereocenters. The molecule has 0 aliphatic heterocycles. The van der Waals surface area contributed by atoms with Crippen molar-refractivity contribution in [1.82, 2.24) is 0 Å². The van der Waals surface area contributed by atoms with Gasteiger partial charge in [-0.15, -0.1) is 11.3 Å². The number of nitrogens with one attached hydrogen (secondary N) is 1. The monoisotopic (exact) mass is 487 g/mol. The highest BCUT2D eigenvalue weighted by Crippen LogP contribution is 2.35. The van der Waals surface area contributed by atoms with Gasteiger partial charge in [0.15, 0.2) is 0 Å². The summed E-state index contributed by atoms with van der Waals surface area (Å²) >= 11 is 1.41. The van der Waals surface area contributed by atoms with Gasteiger partial charge in [0.2, 0.25) is 5.91 Å². The molecule has 35 heavy (non-hydrogen) atoms. The number of methoxy groups -OCH3 is 2. The second-order valence-corrected chi connectivity index (χ2v) is 9.04. The summed E-state index contributed by atoms with van der Waals surface area (Å²) < 4.78 is 10.8. The molecule has 0 bridgehead atoms. The minimum Gasteiger partial charge on any atom is -0.497 e. The van der Waals surface area contributed by atoms with E-state index in [4.69, 9.17) is 14.6 Å². The van der Waals surface area contributed by atoms with Gasteiger partial charge in [-0.25, -0.2) is 0 Å². The predicted molar refractivity (Wildman–Crippen MR) is 138 cm³/mol. The molecule has 4 aromatic rings. The summed E-state index contributed by atoms with van der Waals surface area (Å²) in [5, 5.41) is 12.1. The van der Waals surface area contributed by atoms with Crippen LogP contribution in [0.25, 0.3) is 21.6 Å². The first-order chi connectivity index (χ1) is 17.0. The molecule has 1 heterocycles. The molecular weight excluding hydrogens is 462 g/mol. The van der Waals surface area contributed by atoms with Gasteiger partial charge in [0.25, 0.3) is 0 Å². The Balaban J connectivity index is 1.52. The molecule has 0 spiro atoms. The first-order valence-corrected chi connectivity index (χ1v) is 11.8. The van der Waals surface area contributed by atoms with Crippen molar-refractivity contribution in [2.45, 2.75) is 12.8 Å². The molecule has 4 rings (SSSR count). The molecule has 3 aromatic carbocycles. The smallest absolute Gasteiger partial charge is 0.308 e. The van der Waals surface area contributed by atoms with E-state index in [1.165, 1.54) is 11.3 Å². The number of anilines is 1. The Morgan fingerprint density at radius 3 is 2.46 bits per heavy atom. The van der Waals surface area contributed by atoms with Crippen molar-refractivity contribution in [2.24, 2.45) is 0 Å². The van der Waals surface area contributed by atoms with Gasteiger partial charge >= 0.3 is 5.97 Å². The number of ether oxygens (including phenoxy) is 2. The van der Waals surface area contributed by atoms with Crippen LogP contribution in [0.15, 0.2) is 78.9 Å². The molecule has 6 nitrogen and oxygen atoms in total. The number of carbonyl (C=O) groups is 2. The van der Waals surface area contributed by atoms with E-state index in [1.807, 2.05) is 78.9 Å². The number of hydrogen-bond donors (Lipinski definition) is 2. The van der Waals surface area contributed by atoms with E-state index in [0.29, 0.717) is 17.2 Å². The first-order valence-electron chi connectivity index (χ1n) is 11.0. The predicted octanol–water partition coefficient (Wildman–Crippen LogP) is 5.91. The fourth-order valence-corrected chi connectivity index (χ4v) is 4.88. The second kappa shape index (κ2) is 10.9. The van der Waals surface area contributed by atoms with Gasteiger partial charge in [0, 0.05) is 32.6 Å². The number of amides is 1. The number of para-hydroxylation sites is 1. The van der Waals surface area contributed by atoms with Gasteiger partial charge in [-0.3, -0.25) is 9.59 Å². The summed E-state index contributed by atoms with van der Waals surface area (Å²) in [4.78, 5) is 25.6. The molecule has 2 N–H and O–H groups in total. The minimum atomic E-state index is -0.866. The number of aliphatic carboxylic acids is 1. The number of carboxylic acids is 1. The van der Waals surface area contributed by atoms with Gasteiger partial charge in [0.05, 0.1) is 27.1 Å². The number of carbonyl (C=O) groups excluding carboxylic acids is 1. The maximum Gasteiger partial charge on any atom is 0.308 e. The third kappa shape index (κ3) is 5.88. The summed E-state index contributed by atoms with van der Waals surface area (Å²) in [5.74, 6) is 0.395. The van der Waals surface area contributed by atoms with Crippen LogP contribution in [-0.4, -0.2) is 31.2 Å². The van der Waals surface area contributed by atoms with Crippen molar-refractivity contribution in [3.05, 3.63) is 89.3 Å². The van der Waals surface area contributed by atoms with Crippen molar-refractivity contribution in [3.63, 3.8) is 0 Å². The minimum absolute atomic E-state index is 0.0193. The summed E-state index contributed by atoms with van der Waals surface area (Å²) in [7, 11) is 3.23. The van der Waals surface area contributed by atoms with Crippen LogP contribution in [0.5, 0.6) is 11.5 Å². The highest BCUT2D eigenvalue weighted by atomic mass is 32.1. The largest absolute Gasteiger partial charge is 0.497 e. The highest BCUT2D eigenvalue weighted by molar-refractivity contribution is 7.15. The van der Waals surface area contributed by atoms with Crippen molar-refractivity contribution < 1.29 is 24.2 Å². The van der Waals surface area contributed by atoms with E-state index in [-0.39, 0.29) is 18.7 Å². The van der Waals surface area contributed by atoms with Crippen molar-refractivity contribution in [3.8, 4) is 33.1 Å². The average Bonchev–Trinajstić information content (AvgIpc) is 3.31. The molecule has 0 saturated heterocycles. The molecule has 0 aliphatic rings. The Morgan fingerprint density at radius 2 is 1.69 bits per heavy atom. The maximum absolute atomic E-state index is 12.9. The summed E-state index contributed by atoms with van der Waals surface area (Å²) in [5.41, 5.74) is 4.28. The van der Waals surface area contributed by atoms with Crippen molar-refractivity contribution in [1.29, 1.82) is 0 Å². The molecule has 178 valence electrons. The standard InChI is InChI=1S/C28H25NO5S/c1-33-20-10-12-22(25(16-20)34-2)19-7-5-6-18(14-19)15-27(30)29-24-9-4-3-8-23(24)26-13-11-21(35-26)17-28(31)32/h3-14,16H,15,17H2,1-2H3,(H,29,30)(H,31,32). The van der Waals surface area contributed by atoms with Gasteiger partial charge in [-0.2, -0.15) is 0 Å². The van der Waals surface area contributed by atoms with E-state index in [9.17, 15) is 9.59 Å². The van der Waals surface area contributed by atoms with Gasteiger partial charge in [-0.05, 0) is 41.5 Å². The summed E-state index contributed by atoms with van der Waals surface area (Å²) in [6.07, 6.45) is 0.184. The van der Waals surface area contributed by atoms with Crippen LogP contribution in [0.2, 0.25) is 0 Å². The van der Waals surface area contributed by atoms with Crippen LogP contribution < -0.4 is 14.8 Å². The number of hydrogen-bond acceptors (Lipinski definition) is 5. The molecule has 1 amide bonds. The van der Waals surface area contributed by atoms with Crippen LogP contribution in [0.1, 0.15) is 10.4 Å². The Morgan fingerprint density at radius 1 is 0.857 bits per heavy atom. The fourth-order valence-electron chi connectivity index (χ4n) is 3.84. The Hall–Kier alpha value is -4.10. The number of thiophene rings is 1. The lowest BCUT2D eigenvalue weighted by Gasteiger charge is -2.12. The van der Waals surface area contributed by atoms with Crippen molar-refractivity contribution in [2.75, 3.05) is 19.5 Å². The third-order valence-electron chi connectivity index (χ3n) is 5.47. The summed E-state index contributed by atoms with van der Waals surface area (Å²) in [6, 6.07) is 24.7. The van der Waals surface area contributed by atoms with Crippen LogP contribution in [0.4, 0.5) is 5.69 Å². The Bertz CT molecular complexity index is 1360. The SMILES string of the molecule is COc1ccc(-c2cccc(CC(=O)Nc3ccccc3-c3ccc(CC(=O)O)s3)c2)c(OC)c1. The maximum atomic E-state index is 12.9. The van der Waals surface area contributed by atoms with Crippen LogP contribution >= 0.6 is 11.3 Å². The van der Waals surface area contributed by atoms with Gasteiger partial charge < -0.3 is 19.9 Å². The lowest BCUT2D eigenvalue weighted by Crippen LogP contribution is -2.15. The molecule has 0 aliphatic carbocycles. The summed E-state index contributed by atoms with van der Waals surface area (Å²) in [6.45, 7) is 0. The van der Waals surface area contributed by atoms with Gasteiger partial charge in [0.1, 0.15) is 11.5 Å². The van der Waals surface area contributed by atoms with E-state index >= 15 is 0 Å². The highest BCUT2D eigenvalue weighted by Gasteiger charge is 2.13.